The fraction of sp³-hybridized carbons (Fsp3) is 1.00. The first-order valence-corrected chi connectivity index (χ1v) is 8.08. The second-order valence-corrected chi connectivity index (χ2v) is 5.92. The predicted molar refractivity (Wildman–Crippen MR) is 75.3 cm³/mol. The van der Waals surface area contributed by atoms with E-state index in [2.05, 4.69) is 29.3 Å². The van der Waals surface area contributed by atoms with Gasteiger partial charge < -0.3 is 10.6 Å². The largest absolute Gasteiger partial charge is 0.317 e. The summed E-state index contributed by atoms with van der Waals surface area (Å²) in [5.41, 5.74) is 0. The lowest BCUT2D eigenvalue weighted by molar-refractivity contribution is 0.435. The van der Waals surface area contributed by atoms with E-state index >= 15 is 0 Å². The molecular weight excluding hydrogens is 216 g/mol. The maximum atomic E-state index is 3.56. The molecule has 0 bridgehead atoms. The Balaban J connectivity index is 1.77. The van der Waals surface area contributed by atoms with Crippen molar-refractivity contribution in [2.24, 2.45) is 5.92 Å². The zero-order chi connectivity index (χ0) is 11.5. The SMILES string of the molecule is CCCNCCCNCCC1CCSCC1. The molecule has 0 aliphatic carbocycles. The van der Waals surface area contributed by atoms with E-state index < -0.39 is 0 Å². The van der Waals surface area contributed by atoms with Crippen molar-refractivity contribution in [2.75, 3.05) is 37.7 Å². The average Bonchev–Trinajstić information content (AvgIpc) is 2.34. The Morgan fingerprint density at radius 1 is 1.00 bits per heavy atom. The van der Waals surface area contributed by atoms with Crippen molar-refractivity contribution < 1.29 is 0 Å². The third-order valence-corrected chi connectivity index (χ3v) is 4.25. The first kappa shape index (κ1) is 14.3. The maximum Gasteiger partial charge on any atom is -0.00368 e. The van der Waals surface area contributed by atoms with E-state index in [1.165, 1.54) is 69.8 Å². The van der Waals surface area contributed by atoms with Crippen LogP contribution in [0.25, 0.3) is 0 Å². The van der Waals surface area contributed by atoms with Gasteiger partial charge in [0.25, 0.3) is 0 Å². The van der Waals surface area contributed by atoms with E-state index in [1.54, 1.807) is 0 Å². The normalized spacial score (nSPS) is 17.8. The van der Waals surface area contributed by atoms with Crippen LogP contribution in [0.1, 0.15) is 39.0 Å². The Bertz CT molecular complexity index is 147. The summed E-state index contributed by atoms with van der Waals surface area (Å²) in [6.07, 6.45) is 6.80. The molecule has 0 spiro atoms. The Morgan fingerprint density at radius 3 is 2.38 bits per heavy atom. The smallest absolute Gasteiger partial charge is 0.00368 e. The standard InChI is InChI=1S/C13H28N2S/c1-2-7-14-8-3-9-15-10-4-13-5-11-16-12-6-13/h13-15H,2-12H2,1H3. The van der Waals surface area contributed by atoms with Crippen molar-refractivity contribution >= 4 is 11.8 Å². The quantitative estimate of drug-likeness (QED) is 0.609. The Morgan fingerprint density at radius 2 is 1.69 bits per heavy atom. The molecule has 0 aromatic rings. The molecule has 0 saturated carbocycles. The summed E-state index contributed by atoms with van der Waals surface area (Å²) in [4.78, 5) is 0. The highest BCUT2D eigenvalue weighted by Gasteiger charge is 2.12. The van der Waals surface area contributed by atoms with Gasteiger partial charge in [0.2, 0.25) is 0 Å². The number of thioether (sulfide) groups is 1. The molecule has 1 heterocycles. The van der Waals surface area contributed by atoms with Gasteiger partial charge in [0.1, 0.15) is 0 Å². The van der Waals surface area contributed by atoms with Crippen molar-refractivity contribution in [2.45, 2.75) is 39.0 Å². The van der Waals surface area contributed by atoms with Gasteiger partial charge >= 0.3 is 0 Å². The molecule has 1 aliphatic rings. The highest BCUT2D eigenvalue weighted by atomic mass is 32.2. The minimum Gasteiger partial charge on any atom is -0.317 e. The molecule has 0 aromatic heterocycles. The molecule has 96 valence electrons. The molecule has 3 heteroatoms. The van der Waals surface area contributed by atoms with Crippen molar-refractivity contribution in [3.8, 4) is 0 Å². The molecule has 2 nitrogen and oxygen atoms in total. The van der Waals surface area contributed by atoms with Crippen molar-refractivity contribution in [1.82, 2.24) is 10.6 Å². The van der Waals surface area contributed by atoms with Crippen LogP contribution < -0.4 is 10.6 Å². The first-order valence-electron chi connectivity index (χ1n) is 6.92. The van der Waals surface area contributed by atoms with Gasteiger partial charge in [-0.2, -0.15) is 11.8 Å². The van der Waals surface area contributed by atoms with Crippen LogP contribution in [0.3, 0.4) is 0 Å². The first-order chi connectivity index (χ1) is 7.93. The highest BCUT2D eigenvalue weighted by molar-refractivity contribution is 7.99. The molecule has 2 N–H and O–H groups in total. The minimum atomic E-state index is 1.01. The van der Waals surface area contributed by atoms with E-state index in [1.807, 2.05) is 0 Å². The number of hydrogen-bond acceptors (Lipinski definition) is 3. The van der Waals surface area contributed by atoms with Crippen molar-refractivity contribution in [1.29, 1.82) is 0 Å². The molecule has 0 amide bonds. The topological polar surface area (TPSA) is 24.1 Å². The molecule has 1 saturated heterocycles. The molecule has 0 atom stereocenters. The zero-order valence-corrected chi connectivity index (χ0v) is 11.6. The highest BCUT2D eigenvalue weighted by Crippen LogP contribution is 2.24. The van der Waals surface area contributed by atoms with Gasteiger partial charge in [0.15, 0.2) is 0 Å². The molecule has 1 aliphatic heterocycles. The van der Waals surface area contributed by atoms with Gasteiger partial charge in [0.05, 0.1) is 0 Å². The third kappa shape index (κ3) is 7.53. The van der Waals surface area contributed by atoms with Crippen LogP contribution in [0, 0.1) is 5.92 Å². The van der Waals surface area contributed by atoms with Crippen LogP contribution in [0.15, 0.2) is 0 Å². The summed E-state index contributed by atoms with van der Waals surface area (Å²) in [7, 11) is 0. The lowest BCUT2D eigenvalue weighted by atomic mass is 9.99. The molecule has 0 unspecified atom stereocenters. The summed E-state index contributed by atoms with van der Waals surface area (Å²) >= 11 is 2.12. The molecule has 1 rings (SSSR count). The zero-order valence-electron chi connectivity index (χ0n) is 10.8. The van der Waals surface area contributed by atoms with E-state index in [4.69, 9.17) is 0 Å². The Kier molecular flexibility index (Phi) is 9.34. The lowest BCUT2D eigenvalue weighted by Crippen LogP contribution is -2.24. The second kappa shape index (κ2) is 10.4. The van der Waals surface area contributed by atoms with Crippen LogP contribution in [0.2, 0.25) is 0 Å². The van der Waals surface area contributed by atoms with Gasteiger partial charge in [0, 0.05) is 0 Å². The fourth-order valence-corrected chi connectivity index (χ4v) is 3.31. The molecular formula is C13H28N2S. The Hall–Kier alpha value is 0.270. The van der Waals surface area contributed by atoms with E-state index in [0.29, 0.717) is 0 Å². The van der Waals surface area contributed by atoms with Gasteiger partial charge in [-0.25, -0.2) is 0 Å². The van der Waals surface area contributed by atoms with Crippen LogP contribution in [-0.2, 0) is 0 Å². The van der Waals surface area contributed by atoms with Crippen LogP contribution in [0.5, 0.6) is 0 Å². The average molecular weight is 244 g/mol. The van der Waals surface area contributed by atoms with Crippen LogP contribution >= 0.6 is 11.8 Å². The van der Waals surface area contributed by atoms with E-state index in [0.717, 1.165) is 5.92 Å². The van der Waals surface area contributed by atoms with Crippen LogP contribution in [0.4, 0.5) is 0 Å². The summed E-state index contributed by atoms with van der Waals surface area (Å²) in [6.45, 7) is 6.95. The van der Waals surface area contributed by atoms with Crippen molar-refractivity contribution in [3.05, 3.63) is 0 Å². The van der Waals surface area contributed by atoms with Crippen molar-refractivity contribution in [3.63, 3.8) is 0 Å². The summed E-state index contributed by atoms with van der Waals surface area (Å²) < 4.78 is 0. The molecule has 16 heavy (non-hydrogen) atoms. The maximum absolute atomic E-state index is 3.56. The van der Waals surface area contributed by atoms with E-state index in [9.17, 15) is 0 Å². The summed E-state index contributed by atoms with van der Waals surface area (Å²) in [6, 6.07) is 0. The van der Waals surface area contributed by atoms with Crippen LogP contribution in [-0.4, -0.2) is 37.7 Å². The lowest BCUT2D eigenvalue weighted by Gasteiger charge is -2.21. The summed E-state index contributed by atoms with van der Waals surface area (Å²) in [5, 5.41) is 7.00. The fourth-order valence-electron chi connectivity index (χ4n) is 2.11. The third-order valence-electron chi connectivity index (χ3n) is 3.20. The number of rotatable bonds is 9. The second-order valence-electron chi connectivity index (χ2n) is 4.70. The van der Waals surface area contributed by atoms with E-state index in [-0.39, 0.29) is 0 Å². The Labute approximate surface area is 105 Å². The molecule has 0 radical (unpaired) electrons. The van der Waals surface area contributed by atoms with Gasteiger partial charge in [-0.3, -0.25) is 0 Å². The van der Waals surface area contributed by atoms with Gasteiger partial charge in [-0.1, -0.05) is 6.92 Å². The number of hydrogen-bond donors (Lipinski definition) is 2. The van der Waals surface area contributed by atoms with Gasteiger partial charge in [-0.05, 0) is 75.7 Å². The summed E-state index contributed by atoms with van der Waals surface area (Å²) in [5.74, 6) is 3.80. The number of nitrogens with one attached hydrogen (secondary N) is 2. The monoisotopic (exact) mass is 244 g/mol. The molecule has 1 fully saturated rings. The van der Waals surface area contributed by atoms with Gasteiger partial charge in [-0.15, -0.1) is 0 Å². The predicted octanol–water partition coefficient (Wildman–Crippen LogP) is 2.50. The minimum absolute atomic E-state index is 1.01. The molecule has 0 aromatic carbocycles.